The Morgan fingerprint density at radius 3 is 1.75 bits per heavy atom. The van der Waals surface area contributed by atoms with Crippen molar-refractivity contribution >= 4 is 23.2 Å². The molecule has 0 amide bonds. The maximum absolute atomic E-state index is 11.0. The predicted octanol–water partition coefficient (Wildman–Crippen LogP) is 9.96. The van der Waals surface area contributed by atoms with Crippen molar-refractivity contribution in [3.05, 3.63) is 169 Å². The maximum Gasteiger partial charge on any atom is 0.265 e. The fourth-order valence-corrected chi connectivity index (χ4v) is 6.90. The molecule has 3 nitrogen and oxygen atoms in total. The van der Waals surface area contributed by atoms with E-state index < -0.39 is 0 Å². The molecule has 0 fully saturated rings. The number of nitrogens with zero attached hydrogens (tertiary/aromatic N) is 2. The SMILES string of the molecule is CC(C)(C)c1cc(-c2cc(-c3cccc(B(c4ccccn4)c4ccccc4-c4ccccc4)c3)nc(-c3ccccc3O)c2)cc(C(C)(C)C)c1. The van der Waals surface area contributed by atoms with Crippen LogP contribution in [0.15, 0.2) is 158 Å². The number of phenols is 1. The normalized spacial score (nSPS) is 11.7. The zero-order valence-corrected chi connectivity index (χ0v) is 30.9. The fourth-order valence-electron chi connectivity index (χ4n) is 6.90. The van der Waals surface area contributed by atoms with E-state index in [1.54, 1.807) is 6.07 Å². The van der Waals surface area contributed by atoms with Crippen LogP contribution < -0.4 is 16.5 Å². The van der Waals surface area contributed by atoms with Gasteiger partial charge in [0.15, 0.2) is 0 Å². The number of para-hydroxylation sites is 1. The van der Waals surface area contributed by atoms with Gasteiger partial charge in [-0.2, -0.15) is 0 Å². The van der Waals surface area contributed by atoms with Gasteiger partial charge in [0.25, 0.3) is 6.71 Å². The number of hydrogen-bond donors (Lipinski definition) is 1. The standard InChI is InChI=1S/C48H45BN2O/c1-47(2,3)37-27-35(28-38(32-37)48(4,5)6)36-30-43(51-44(31-36)41-22-11-13-24-45(41)52)34-19-16-20-39(29-34)49(46-25-14-15-26-50-46)42-23-12-10-21-40(42)33-17-8-7-9-18-33/h7-32,52H,1-6H3. The Morgan fingerprint density at radius 2 is 1.08 bits per heavy atom. The number of benzene rings is 5. The molecule has 1 N–H and O–H groups in total. The summed E-state index contributed by atoms with van der Waals surface area (Å²) in [6, 6.07) is 52.8. The molecule has 7 aromatic rings. The molecule has 0 unspecified atom stereocenters. The van der Waals surface area contributed by atoms with E-state index in [-0.39, 0.29) is 23.3 Å². The van der Waals surface area contributed by atoms with Crippen LogP contribution in [0.5, 0.6) is 5.75 Å². The summed E-state index contributed by atoms with van der Waals surface area (Å²) >= 11 is 0. The summed E-state index contributed by atoms with van der Waals surface area (Å²) in [5, 5.41) is 11.0. The van der Waals surface area contributed by atoms with Crippen LogP contribution >= 0.6 is 0 Å². The molecule has 0 saturated carbocycles. The Bertz CT molecular complexity index is 2300. The molecule has 0 saturated heterocycles. The van der Waals surface area contributed by atoms with Gasteiger partial charge in [-0.1, -0.05) is 168 Å². The van der Waals surface area contributed by atoms with Gasteiger partial charge in [0.1, 0.15) is 5.75 Å². The summed E-state index contributed by atoms with van der Waals surface area (Å²) in [6.07, 6.45) is 1.87. The van der Waals surface area contributed by atoms with E-state index in [9.17, 15) is 5.11 Å². The minimum atomic E-state index is -0.115. The van der Waals surface area contributed by atoms with Crippen molar-refractivity contribution in [1.29, 1.82) is 0 Å². The zero-order chi connectivity index (χ0) is 36.5. The minimum Gasteiger partial charge on any atom is -0.507 e. The van der Waals surface area contributed by atoms with Gasteiger partial charge in [0.05, 0.1) is 11.4 Å². The molecular weight excluding hydrogens is 631 g/mol. The highest BCUT2D eigenvalue weighted by molar-refractivity contribution is 6.95. The molecular formula is C48H45BN2O. The van der Waals surface area contributed by atoms with Crippen molar-refractivity contribution in [3.63, 3.8) is 0 Å². The van der Waals surface area contributed by atoms with Crippen LogP contribution in [-0.2, 0) is 10.8 Å². The van der Waals surface area contributed by atoms with E-state index in [0.717, 1.165) is 39.1 Å². The summed E-state index contributed by atoms with van der Waals surface area (Å²) in [6.45, 7) is 13.5. The number of pyridine rings is 2. The second-order valence-electron chi connectivity index (χ2n) is 15.7. The lowest BCUT2D eigenvalue weighted by molar-refractivity contribution is 0.477. The van der Waals surface area contributed by atoms with Crippen molar-refractivity contribution in [2.45, 2.75) is 52.4 Å². The number of aromatic nitrogens is 2. The Hall–Kier alpha value is -5.74. The number of rotatable bonds is 7. The molecule has 256 valence electrons. The first-order chi connectivity index (χ1) is 25.0. The molecule has 0 bridgehead atoms. The summed E-state index contributed by atoms with van der Waals surface area (Å²) in [4.78, 5) is 10.1. The summed E-state index contributed by atoms with van der Waals surface area (Å²) in [7, 11) is 0. The highest BCUT2D eigenvalue weighted by atomic mass is 16.3. The molecule has 0 aliphatic carbocycles. The monoisotopic (exact) mass is 676 g/mol. The second-order valence-corrected chi connectivity index (χ2v) is 15.7. The van der Waals surface area contributed by atoms with E-state index in [1.807, 2.05) is 30.5 Å². The van der Waals surface area contributed by atoms with Gasteiger partial charge in [-0.05, 0) is 86.2 Å². The first-order valence-corrected chi connectivity index (χ1v) is 18.1. The molecule has 0 spiro atoms. The fraction of sp³-hybridized carbons (Fsp3) is 0.167. The molecule has 0 aliphatic heterocycles. The number of hydrogen-bond acceptors (Lipinski definition) is 3. The van der Waals surface area contributed by atoms with Gasteiger partial charge >= 0.3 is 0 Å². The van der Waals surface area contributed by atoms with Crippen LogP contribution in [0.25, 0.3) is 44.8 Å². The summed E-state index contributed by atoms with van der Waals surface area (Å²) < 4.78 is 0. The summed E-state index contributed by atoms with van der Waals surface area (Å²) in [5.41, 5.74) is 13.6. The van der Waals surface area contributed by atoms with Crippen molar-refractivity contribution in [1.82, 2.24) is 9.97 Å². The van der Waals surface area contributed by atoms with E-state index in [4.69, 9.17) is 9.97 Å². The third-order valence-electron chi connectivity index (χ3n) is 9.86. The molecule has 2 heterocycles. The van der Waals surface area contributed by atoms with Crippen LogP contribution in [0.1, 0.15) is 52.7 Å². The quantitative estimate of drug-likeness (QED) is 0.171. The van der Waals surface area contributed by atoms with Gasteiger partial charge in [0.2, 0.25) is 0 Å². The van der Waals surface area contributed by atoms with Crippen molar-refractivity contribution in [3.8, 4) is 50.5 Å². The average molecular weight is 677 g/mol. The predicted molar refractivity (Wildman–Crippen MR) is 220 cm³/mol. The van der Waals surface area contributed by atoms with Crippen LogP contribution in [0, 0.1) is 0 Å². The minimum absolute atomic E-state index is 0.0305. The van der Waals surface area contributed by atoms with E-state index in [1.165, 1.54) is 27.7 Å². The van der Waals surface area contributed by atoms with Gasteiger partial charge in [-0.3, -0.25) is 4.98 Å². The maximum atomic E-state index is 11.0. The van der Waals surface area contributed by atoms with E-state index in [0.29, 0.717) is 5.56 Å². The molecule has 7 rings (SSSR count). The third kappa shape index (κ3) is 7.34. The van der Waals surface area contributed by atoms with Gasteiger partial charge in [-0.15, -0.1) is 0 Å². The first-order valence-electron chi connectivity index (χ1n) is 18.1. The van der Waals surface area contributed by atoms with Crippen LogP contribution in [0.4, 0.5) is 0 Å². The van der Waals surface area contributed by atoms with Crippen LogP contribution in [-0.4, -0.2) is 21.8 Å². The lowest BCUT2D eigenvalue weighted by Crippen LogP contribution is -2.53. The number of aromatic hydroxyl groups is 1. The van der Waals surface area contributed by atoms with Crippen LogP contribution in [0.3, 0.4) is 0 Å². The molecule has 52 heavy (non-hydrogen) atoms. The topological polar surface area (TPSA) is 46.0 Å². The molecule has 2 aromatic heterocycles. The average Bonchev–Trinajstić information content (AvgIpc) is 3.15. The van der Waals surface area contributed by atoms with Gasteiger partial charge < -0.3 is 5.11 Å². The smallest absolute Gasteiger partial charge is 0.265 e. The Labute approximate surface area is 309 Å². The Balaban J connectivity index is 1.44. The molecule has 0 radical (unpaired) electrons. The molecule has 4 heteroatoms. The van der Waals surface area contributed by atoms with Crippen molar-refractivity contribution in [2.75, 3.05) is 0 Å². The van der Waals surface area contributed by atoms with Crippen molar-refractivity contribution in [2.24, 2.45) is 0 Å². The largest absolute Gasteiger partial charge is 0.507 e. The summed E-state index contributed by atoms with van der Waals surface area (Å²) in [5.74, 6) is 0.207. The molecule has 0 aliphatic rings. The lowest BCUT2D eigenvalue weighted by Gasteiger charge is -2.26. The first kappa shape index (κ1) is 34.7. The van der Waals surface area contributed by atoms with E-state index in [2.05, 4.69) is 163 Å². The van der Waals surface area contributed by atoms with Crippen molar-refractivity contribution < 1.29 is 5.11 Å². The van der Waals surface area contributed by atoms with Crippen LogP contribution in [0.2, 0.25) is 0 Å². The highest BCUT2D eigenvalue weighted by Gasteiger charge is 2.27. The van der Waals surface area contributed by atoms with Gasteiger partial charge in [-0.25, -0.2) is 4.98 Å². The van der Waals surface area contributed by atoms with E-state index >= 15 is 0 Å². The highest BCUT2D eigenvalue weighted by Crippen LogP contribution is 2.37. The Kier molecular flexibility index (Phi) is 9.42. The molecule has 5 aromatic carbocycles. The lowest BCUT2D eigenvalue weighted by atomic mass is 9.37. The Morgan fingerprint density at radius 1 is 0.481 bits per heavy atom. The third-order valence-corrected chi connectivity index (χ3v) is 9.86. The van der Waals surface area contributed by atoms with Gasteiger partial charge in [0, 0.05) is 17.4 Å². The second kappa shape index (κ2) is 14.1. The zero-order valence-electron chi connectivity index (χ0n) is 30.9. The number of phenolic OH excluding ortho intramolecular Hbond substituents is 1. The molecule has 0 atom stereocenters.